The monoisotopic (exact) mass is 951 g/mol. The summed E-state index contributed by atoms with van der Waals surface area (Å²) in [6.07, 6.45) is 79.8. The smallest absolute Gasteiger partial charge is 0.306 e. The van der Waals surface area contributed by atoms with E-state index in [1.54, 1.807) is 0 Å². The molecule has 6 nitrogen and oxygen atoms in total. The van der Waals surface area contributed by atoms with Crippen molar-refractivity contribution in [2.45, 2.75) is 219 Å². The Morgan fingerprint density at radius 2 is 0.536 bits per heavy atom. The van der Waals surface area contributed by atoms with E-state index >= 15 is 0 Å². The van der Waals surface area contributed by atoms with Gasteiger partial charge in [-0.3, -0.25) is 14.4 Å². The van der Waals surface area contributed by atoms with Crippen molar-refractivity contribution < 1.29 is 28.6 Å². The summed E-state index contributed by atoms with van der Waals surface area (Å²) in [7, 11) is 0. The van der Waals surface area contributed by atoms with Crippen molar-refractivity contribution in [1.29, 1.82) is 0 Å². The molecule has 0 fully saturated rings. The minimum atomic E-state index is -0.830. The number of hydrogen-bond donors (Lipinski definition) is 0. The van der Waals surface area contributed by atoms with E-state index in [4.69, 9.17) is 14.2 Å². The van der Waals surface area contributed by atoms with E-state index in [0.717, 1.165) is 135 Å². The van der Waals surface area contributed by atoms with Gasteiger partial charge >= 0.3 is 17.9 Å². The van der Waals surface area contributed by atoms with Gasteiger partial charge in [-0.1, -0.05) is 212 Å². The first-order valence-corrected chi connectivity index (χ1v) is 27.3. The van der Waals surface area contributed by atoms with E-state index < -0.39 is 6.10 Å². The number of allylic oxidation sites excluding steroid dienone is 24. The van der Waals surface area contributed by atoms with Gasteiger partial charge in [0.15, 0.2) is 6.10 Å². The second-order valence-electron chi connectivity index (χ2n) is 17.3. The molecule has 0 bridgehead atoms. The van der Waals surface area contributed by atoms with E-state index in [2.05, 4.69) is 167 Å². The van der Waals surface area contributed by atoms with Crippen LogP contribution in [0.5, 0.6) is 0 Å². The maximum atomic E-state index is 12.8. The number of hydrogen-bond acceptors (Lipinski definition) is 6. The van der Waals surface area contributed by atoms with Gasteiger partial charge in [0.25, 0.3) is 0 Å². The minimum absolute atomic E-state index is 0.121. The van der Waals surface area contributed by atoms with Crippen LogP contribution < -0.4 is 0 Å². The summed E-state index contributed by atoms with van der Waals surface area (Å²) in [5, 5.41) is 0. The lowest BCUT2D eigenvalue weighted by Crippen LogP contribution is -2.30. The number of ether oxygens (including phenoxy) is 3. The standard InChI is InChI=1S/C63H98O6/c1-4-7-10-13-16-19-22-25-27-29-30-31-32-34-35-38-41-44-47-50-53-56-62(65)68-59-60(58-67-61(64)55-52-49-46-43-40-37-24-21-18-15-12-9-6-3)69-63(66)57-54-51-48-45-42-39-36-33-28-26-23-20-17-14-11-8-5-2/h7-12,16-21,25-28,30-31,36-37,39-40,45,48,60H,4-6,13-15,22-24,29,32-35,38,41-44,46-47,49-59H2,1-3H3/b10-7-,11-8-,12-9-,19-16-,20-17-,21-18-,27-25-,28-26-,31-30-,39-36-,40-37-,48-45-. The van der Waals surface area contributed by atoms with Crippen LogP contribution in [0.4, 0.5) is 0 Å². The van der Waals surface area contributed by atoms with Gasteiger partial charge in [0.1, 0.15) is 13.2 Å². The second kappa shape index (κ2) is 55.9. The first kappa shape index (κ1) is 64.3. The third-order valence-electron chi connectivity index (χ3n) is 10.8. The third-order valence-corrected chi connectivity index (χ3v) is 10.8. The molecule has 69 heavy (non-hydrogen) atoms. The van der Waals surface area contributed by atoms with Crippen LogP contribution in [0, 0.1) is 0 Å². The Bertz CT molecular complexity index is 1560. The van der Waals surface area contributed by atoms with Gasteiger partial charge in [0.05, 0.1) is 0 Å². The summed E-state index contributed by atoms with van der Waals surface area (Å²) in [5.41, 5.74) is 0. The van der Waals surface area contributed by atoms with Crippen LogP contribution in [0.25, 0.3) is 0 Å². The topological polar surface area (TPSA) is 78.9 Å². The van der Waals surface area contributed by atoms with Gasteiger partial charge in [-0.2, -0.15) is 0 Å². The molecule has 0 amide bonds. The molecule has 0 aliphatic heterocycles. The van der Waals surface area contributed by atoms with Crippen LogP contribution in [0.15, 0.2) is 146 Å². The highest BCUT2D eigenvalue weighted by atomic mass is 16.6. The fourth-order valence-electron chi connectivity index (χ4n) is 6.83. The number of rotatable bonds is 47. The van der Waals surface area contributed by atoms with Crippen molar-refractivity contribution in [2.75, 3.05) is 13.2 Å². The molecule has 0 radical (unpaired) electrons. The molecule has 1 atom stereocenters. The van der Waals surface area contributed by atoms with Gasteiger partial charge in [-0.15, -0.1) is 0 Å². The SMILES string of the molecule is CC/C=C\C/C=C\C/C=C\C/C=C\C/C=C\CCCC(=O)OC(COC(=O)CCCCC/C=C\C/C=C\C/C=C\CC)COC(=O)CCCCCCCCCC/C=C\C/C=C\C/C=C\C/C=C\CC. The maximum absolute atomic E-state index is 12.8. The number of unbranched alkanes of at least 4 members (excludes halogenated alkanes) is 12. The summed E-state index contributed by atoms with van der Waals surface area (Å²) in [6.45, 7) is 6.20. The molecule has 386 valence electrons. The summed E-state index contributed by atoms with van der Waals surface area (Å²) in [4.78, 5) is 38.1. The molecule has 0 saturated heterocycles. The molecule has 0 rings (SSSR count). The lowest BCUT2D eigenvalue weighted by Gasteiger charge is -2.18. The zero-order chi connectivity index (χ0) is 50.0. The van der Waals surface area contributed by atoms with Crippen molar-refractivity contribution in [2.24, 2.45) is 0 Å². The van der Waals surface area contributed by atoms with E-state index in [1.807, 2.05) is 0 Å². The first-order chi connectivity index (χ1) is 34.0. The zero-order valence-corrected chi connectivity index (χ0v) is 44.0. The first-order valence-electron chi connectivity index (χ1n) is 27.3. The Hall–Kier alpha value is -4.71. The number of carbonyl (C=O) groups excluding carboxylic acids is 3. The lowest BCUT2D eigenvalue weighted by atomic mass is 10.1. The van der Waals surface area contributed by atoms with Gasteiger partial charge in [-0.25, -0.2) is 0 Å². The molecular weight excluding hydrogens is 853 g/mol. The van der Waals surface area contributed by atoms with E-state index in [0.29, 0.717) is 19.3 Å². The van der Waals surface area contributed by atoms with Gasteiger partial charge in [0, 0.05) is 19.3 Å². The van der Waals surface area contributed by atoms with Crippen molar-refractivity contribution in [3.63, 3.8) is 0 Å². The lowest BCUT2D eigenvalue weighted by molar-refractivity contribution is -0.167. The maximum Gasteiger partial charge on any atom is 0.306 e. The Labute approximate surface area is 423 Å². The van der Waals surface area contributed by atoms with Crippen LogP contribution in [0.2, 0.25) is 0 Å². The predicted molar refractivity (Wildman–Crippen MR) is 297 cm³/mol. The number of esters is 3. The van der Waals surface area contributed by atoms with Crippen molar-refractivity contribution >= 4 is 17.9 Å². The fourth-order valence-corrected chi connectivity index (χ4v) is 6.83. The Morgan fingerprint density at radius 1 is 0.290 bits per heavy atom. The molecule has 0 aliphatic carbocycles. The summed E-state index contributed by atoms with van der Waals surface area (Å²) >= 11 is 0. The van der Waals surface area contributed by atoms with Gasteiger partial charge in [0.2, 0.25) is 0 Å². The van der Waals surface area contributed by atoms with E-state index in [1.165, 1.54) is 32.1 Å². The number of carbonyl (C=O) groups is 3. The van der Waals surface area contributed by atoms with E-state index in [-0.39, 0.29) is 37.5 Å². The van der Waals surface area contributed by atoms with Crippen LogP contribution in [-0.4, -0.2) is 37.2 Å². The molecule has 1 unspecified atom stereocenters. The van der Waals surface area contributed by atoms with Crippen LogP contribution >= 0.6 is 0 Å². The van der Waals surface area contributed by atoms with Crippen LogP contribution in [-0.2, 0) is 28.6 Å². The zero-order valence-electron chi connectivity index (χ0n) is 44.0. The quantitative estimate of drug-likeness (QED) is 0.0262. The predicted octanol–water partition coefficient (Wildman–Crippen LogP) is 18.4. The summed E-state index contributed by atoms with van der Waals surface area (Å²) in [5.74, 6) is -1.03. The van der Waals surface area contributed by atoms with Crippen molar-refractivity contribution in [1.82, 2.24) is 0 Å². The average Bonchev–Trinajstić information content (AvgIpc) is 3.35. The van der Waals surface area contributed by atoms with Crippen LogP contribution in [0.3, 0.4) is 0 Å². The van der Waals surface area contributed by atoms with Crippen LogP contribution in [0.1, 0.15) is 213 Å². The molecule has 0 N–H and O–H groups in total. The summed E-state index contributed by atoms with van der Waals surface area (Å²) < 4.78 is 16.7. The third kappa shape index (κ3) is 54.1. The fraction of sp³-hybridized carbons (Fsp3) is 0.571. The Balaban J connectivity index is 4.52. The molecule has 0 saturated carbocycles. The molecule has 0 heterocycles. The molecule has 6 heteroatoms. The molecular formula is C63H98O6. The largest absolute Gasteiger partial charge is 0.462 e. The Morgan fingerprint density at radius 3 is 0.870 bits per heavy atom. The summed E-state index contributed by atoms with van der Waals surface area (Å²) in [6, 6.07) is 0. The van der Waals surface area contributed by atoms with Gasteiger partial charge < -0.3 is 14.2 Å². The second-order valence-corrected chi connectivity index (χ2v) is 17.3. The minimum Gasteiger partial charge on any atom is -0.462 e. The Kier molecular flexibility index (Phi) is 52.1. The highest BCUT2D eigenvalue weighted by Crippen LogP contribution is 2.13. The molecule has 0 spiro atoms. The molecule has 0 aromatic rings. The van der Waals surface area contributed by atoms with Crippen molar-refractivity contribution in [3.05, 3.63) is 146 Å². The van der Waals surface area contributed by atoms with Crippen molar-refractivity contribution in [3.8, 4) is 0 Å². The molecule has 0 aromatic carbocycles. The molecule has 0 aromatic heterocycles. The average molecular weight is 951 g/mol. The van der Waals surface area contributed by atoms with Gasteiger partial charge in [-0.05, 0) is 128 Å². The highest BCUT2D eigenvalue weighted by Gasteiger charge is 2.19. The molecule has 0 aliphatic rings. The normalized spacial score (nSPS) is 13.3. The highest BCUT2D eigenvalue weighted by molar-refractivity contribution is 5.71. The van der Waals surface area contributed by atoms with E-state index in [9.17, 15) is 14.4 Å².